The van der Waals surface area contributed by atoms with E-state index in [4.69, 9.17) is 23.3 Å². The Hall–Kier alpha value is -1.85. The second-order valence-electron chi connectivity index (χ2n) is 6.66. The number of hydrogen-bond acceptors (Lipinski definition) is 3. The molecule has 0 radical (unpaired) electrons. The standard InChI is InChI=1S/C22H34N4O2/c1-5-7-25-18-17(19(27)26(8-6-2)21(25)28)23-20(24-18)22(4)12-15-9-14(3)10-16(11-15)13-22/h14-16H,5-13H2,1-4H3,(H,23,24)/i3D2,5D2,6D2,9D2,10D2,11D2,12D2,13D2,14D,15D,16D. The number of aromatic amines is 1. The largest absolute Gasteiger partial charge is 0.336 e. The van der Waals surface area contributed by atoms with Crippen LogP contribution in [0, 0.1) is 17.7 Å². The molecular weight excluding hydrogens is 352 g/mol. The molecule has 2 fully saturated rings. The van der Waals surface area contributed by atoms with Crippen LogP contribution in [-0.4, -0.2) is 19.1 Å². The first-order valence-electron chi connectivity index (χ1n) is 18.3. The van der Waals surface area contributed by atoms with Crippen molar-refractivity contribution < 1.29 is 26.0 Å². The topological polar surface area (TPSA) is 72.7 Å². The number of aryl methyl sites for hydroxylation is 1. The van der Waals surface area contributed by atoms with Gasteiger partial charge in [-0.1, -0.05) is 27.6 Å². The van der Waals surface area contributed by atoms with Crippen molar-refractivity contribution in [3.05, 3.63) is 26.7 Å². The number of rotatable bonds is 5. The normalized spacial score (nSPS) is 58.1. The Morgan fingerprint density at radius 1 is 1.21 bits per heavy atom. The minimum atomic E-state index is -4.14. The smallest absolute Gasteiger partial charge is 0.332 e. The van der Waals surface area contributed by atoms with E-state index >= 15 is 0 Å². The molecule has 2 aliphatic rings. The highest BCUT2D eigenvalue weighted by Crippen LogP contribution is 2.50. The summed E-state index contributed by atoms with van der Waals surface area (Å²) in [7, 11) is 0. The van der Waals surface area contributed by atoms with E-state index in [9.17, 15) is 12.3 Å². The average molecular weight is 406 g/mol. The summed E-state index contributed by atoms with van der Waals surface area (Å²) in [4.78, 5) is 33.4. The summed E-state index contributed by atoms with van der Waals surface area (Å²) in [5, 5.41) is 0. The molecule has 2 heterocycles. The van der Waals surface area contributed by atoms with Crippen LogP contribution >= 0.6 is 0 Å². The zero-order valence-corrected chi connectivity index (χ0v) is 15.6. The molecule has 6 nitrogen and oxygen atoms in total. The molecule has 0 spiro atoms. The van der Waals surface area contributed by atoms with E-state index in [2.05, 4.69) is 9.97 Å². The van der Waals surface area contributed by atoms with E-state index in [-0.39, 0.29) is 0 Å². The zero-order valence-electron chi connectivity index (χ0n) is 34.6. The molecule has 6 heteroatoms. The van der Waals surface area contributed by atoms with Gasteiger partial charge in [0.05, 0.1) is 0 Å². The maximum Gasteiger partial charge on any atom is 0.332 e. The number of nitrogens with zero attached hydrogens (tertiary/aromatic N) is 3. The molecule has 28 heavy (non-hydrogen) atoms. The third-order valence-electron chi connectivity index (χ3n) is 4.49. The lowest BCUT2D eigenvalue weighted by atomic mass is 9.59. The first kappa shape index (κ1) is 7.13. The van der Waals surface area contributed by atoms with E-state index in [0.717, 1.165) is 13.8 Å². The number of hydrogen-bond donors (Lipinski definition) is 1. The molecule has 1 N–H and O–H groups in total. The van der Waals surface area contributed by atoms with Gasteiger partial charge in [0.15, 0.2) is 5.65 Å². The molecule has 2 aromatic heterocycles. The molecule has 2 aromatic rings. The predicted octanol–water partition coefficient (Wildman–Crippen LogP) is 3.81. The lowest BCUT2D eigenvalue weighted by Gasteiger charge is -2.46. The fourth-order valence-corrected chi connectivity index (χ4v) is 3.26. The Balaban J connectivity index is 2.25. The Morgan fingerprint density at radius 3 is 2.46 bits per heavy atom. The van der Waals surface area contributed by atoms with E-state index in [1.165, 1.54) is 0 Å². The molecule has 2 aliphatic carbocycles. The molecule has 2 bridgehead atoms. The van der Waals surface area contributed by atoms with Gasteiger partial charge >= 0.3 is 5.69 Å². The van der Waals surface area contributed by atoms with Crippen LogP contribution in [-0.2, 0) is 18.5 Å². The minimum absolute atomic E-state index is 0.391. The second kappa shape index (κ2) is 7.20. The lowest BCUT2D eigenvalue weighted by Crippen LogP contribution is -2.40. The van der Waals surface area contributed by atoms with Crippen LogP contribution in [0.5, 0.6) is 0 Å². The summed E-state index contributed by atoms with van der Waals surface area (Å²) in [6.07, 6.45) is -24.7. The van der Waals surface area contributed by atoms with Crippen molar-refractivity contribution in [3.63, 3.8) is 0 Å². The lowest BCUT2D eigenvalue weighted by molar-refractivity contribution is 0.0863. The highest BCUT2D eigenvalue weighted by atomic mass is 16.2. The maximum atomic E-state index is 13.6. The summed E-state index contributed by atoms with van der Waals surface area (Å²) in [6, 6.07) is 0. The van der Waals surface area contributed by atoms with Crippen molar-refractivity contribution in [1.29, 1.82) is 0 Å². The van der Waals surface area contributed by atoms with Gasteiger partial charge in [-0.2, -0.15) is 0 Å². The van der Waals surface area contributed by atoms with Gasteiger partial charge in [0.25, 0.3) is 5.56 Å². The predicted molar refractivity (Wildman–Crippen MR) is 112 cm³/mol. The van der Waals surface area contributed by atoms with Crippen LogP contribution in [0.4, 0.5) is 0 Å². The van der Waals surface area contributed by atoms with Crippen LogP contribution in [0.1, 0.15) is 104 Å². The van der Waals surface area contributed by atoms with Gasteiger partial charge in [-0.25, -0.2) is 9.78 Å². The molecule has 2 saturated carbocycles. The van der Waals surface area contributed by atoms with Crippen LogP contribution in [0.2, 0.25) is 0 Å². The van der Waals surface area contributed by atoms with Crippen LogP contribution in [0.15, 0.2) is 9.59 Å². The van der Waals surface area contributed by atoms with Crippen molar-refractivity contribution in [2.24, 2.45) is 17.7 Å². The van der Waals surface area contributed by atoms with Crippen molar-refractivity contribution in [1.82, 2.24) is 19.1 Å². The molecule has 0 aromatic carbocycles. The number of imidazole rings is 1. The van der Waals surface area contributed by atoms with Crippen molar-refractivity contribution in [3.8, 4) is 0 Å². The Labute approximate surface area is 193 Å². The average Bonchev–Trinajstić information content (AvgIpc) is 3.34. The van der Waals surface area contributed by atoms with Gasteiger partial charge in [0.2, 0.25) is 0 Å². The quantitative estimate of drug-likeness (QED) is 0.822. The molecule has 4 rings (SSSR count). The SMILES string of the molecule is [2H]C([2H])C1([2H])C([2H])([2H])C2([2H])C([2H])([2H])C(C)(c3nc4c([nH]3)c(=O)n(CC([2H])([2H])C)c(=O)n4CC([2H])([2H])C)C([2H])([2H])C([2H])(C1([2H])[2H])C2([2H])[2H]. The number of aromatic nitrogens is 4. The van der Waals surface area contributed by atoms with Gasteiger partial charge < -0.3 is 4.98 Å². The minimum Gasteiger partial charge on any atom is -0.336 e. The second-order valence-corrected chi connectivity index (χ2v) is 6.66. The van der Waals surface area contributed by atoms with Crippen molar-refractivity contribution in [2.75, 3.05) is 0 Å². The first-order chi connectivity index (χ1) is 20.5. The summed E-state index contributed by atoms with van der Waals surface area (Å²) >= 11 is 0. The summed E-state index contributed by atoms with van der Waals surface area (Å²) in [5.74, 6) is -13.2. The third-order valence-corrected chi connectivity index (χ3v) is 4.49. The number of fused-ring (bicyclic) bond motifs is 3. The van der Waals surface area contributed by atoms with Gasteiger partial charge in [0.1, 0.15) is 11.3 Å². The fraction of sp³-hybridized carbons (Fsp3) is 0.773. The third kappa shape index (κ3) is 3.15. The van der Waals surface area contributed by atoms with Gasteiger partial charge in [-0.15, -0.1) is 0 Å². The fourth-order valence-electron chi connectivity index (χ4n) is 3.26. The Kier molecular flexibility index (Phi) is 1.83. The highest BCUT2D eigenvalue weighted by molar-refractivity contribution is 5.70. The molecule has 2 atom stereocenters. The molecule has 2 unspecified atom stereocenters. The van der Waals surface area contributed by atoms with E-state index in [0.29, 0.717) is 16.1 Å². The molecule has 0 amide bonds. The van der Waals surface area contributed by atoms with E-state index in [1.54, 1.807) is 0 Å². The van der Waals surface area contributed by atoms with Gasteiger partial charge in [-0.3, -0.25) is 13.9 Å². The Bertz CT molecular complexity index is 1690. The van der Waals surface area contributed by atoms with Crippen LogP contribution in [0.25, 0.3) is 11.2 Å². The zero-order chi connectivity index (χ0) is 36.9. The number of H-pyrrole nitrogens is 1. The Morgan fingerprint density at radius 2 is 1.86 bits per heavy atom. The van der Waals surface area contributed by atoms with Gasteiger partial charge in [-0.05, 0) is 62.3 Å². The molecular formula is C22H34N4O2. The maximum absolute atomic E-state index is 13.6. The van der Waals surface area contributed by atoms with Crippen LogP contribution in [0.3, 0.4) is 0 Å². The summed E-state index contributed by atoms with van der Waals surface area (Å²) < 4.78 is 165. The monoisotopic (exact) mass is 405 g/mol. The van der Waals surface area contributed by atoms with Crippen LogP contribution < -0.4 is 11.2 Å². The summed E-state index contributed by atoms with van der Waals surface area (Å²) in [6.45, 7) is -1.90. The van der Waals surface area contributed by atoms with Crippen molar-refractivity contribution >= 4 is 11.2 Å². The van der Waals surface area contributed by atoms with Gasteiger partial charge in [0, 0.05) is 44.5 Å². The highest BCUT2D eigenvalue weighted by Gasteiger charge is 2.43. The van der Waals surface area contributed by atoms with E-state index in [1.807, 2.05) is 0 Å². The van der Waals surface area contributed by atoms with E-state index < -0.39 is 116 Å². The molecule has 0 saturated heterocycles. The van der Waals surface area contributed by atoms with Crippen molar-refractivity contribution in [2.45, 2.75) is 90.8 Å². The molecule has 0 aliphatic heterocycles. The summed E-state index contributed by atoms with van der Waals surface area (Å²) in [5.41, 5.74) is -7.30. The first-order valence-corrected chi connectivity index (χ1v) is 8.63. The molecule has 154 valence electrons. The number of nitrogens with one attached hydrogen (secondary N) is 1.